The Morgan fingerprint density at radius 1 is 1.50 bits per heavy atom. The predicted molar refractivity (Wildman–Crippen MR) is 88.8 cm³/mol. The highest BCUT2D eigenvalue weighted by Crippen LogP contribution is 2.36. The summed E-state index contributed by atoms with van der Waals surface area (Å²) in [5.41, 5.74) is -0.0770. The quantitative estimate of drug-likeness (QED) is 0.931. The molecule has 0 spiro atoms. The van der Waals surface area contributed by atoms with Gasteiger partial charge in [0.15, 0.2) is 11.5 Å². The van der Waals surface area contributed by atoms with Crippen molar-refractivity contribution in [3.05, 3.63) is 48.0 Å². The van der Waals surface area contributed by atoms with Crippen molar-refractivity contribution in [2.45, 2.75) is 19.6 Å². The number of hydrogen-bond donors (Lipinski definition) is 1. The van der Waals surface area contributed by atoms with Crippen LogP contribution in [0.1, 0.15) is 25.0 Å². The molecule has 1 unspecified atom stereocenters. The van der Waals surface area contributed by atoms with E-state index in [1.165, 1.54) is 30.4 Å². The second-order valence-electron chi connectivity index (χ2n) is 5.39. The fourth-order valence-electron chi connectivity index (χ4n) is 2.79. The zero-order chi connectivity index (χ0) is 17.3. The Morgan fingerprint density at radius 2 is 2.29 bits per heavy atom. The third-order valence-corrected chi connectivity index (χ3v) is 3.97. The van der Waals surface area contributed by atoms with Gasteiger partial charge in [-0.25, -0.2) is 9.67 Å². The Bertz CT molecular complexity index is 864. The maximum absolute atomic E-state index is 11.8. The zero-order valence-electron chi connectivity index (χ0n) is 13.3. The fraction of sp³-hybridized carbons (Fsp3) is 0.235. The van der Waals surface area contributed by atoms with Gasteiger partial charge in [-0.2, -0.15) is 10.4 Å². The van der Waals surface area contributed by atoms with Gasteiger partial charge in [-0.1, -0.05) is 12.1 Å². The molecule has 0 bridgehead atoms. The molecule has 2 heterocycles. The summed E-state index contributed by atoms with van der Waals surface area (Å²) < 4.78 is 1.30. The summed E-state index contributed by atoms with van der Waals surface area (Å²) in [7, 11) is 0. The third kappa shape index (κ3) is 2.37. The number of aromatic nitrogens is 2. The Balaban J connectivity index is 2.10. The molecule has 3 rings (SSSR count). The summed E-state index contributed by atoms with van der Waals surface area (Å²) in [6.45, 7) is 3.90. The molecule has 121 valence electrons. The monoisotopic (exact) mass is 322 g/mol. The molecule has 1 N–H and O–H groups in total. The van der Waals surface area contributed by atoms with E-state index in [0.29, 0.717) is 23.6 Å². The van der Waals surface area contributed by atoms with Crippen LogP contribution in [-0.4, -0.2) is 33.6 Å². The van der Waals surface area contributed by atoms with Gasteiger partial charge in [0.2, 0.25) is 5.91 Å². The van der Waals surface area contributed by atoms with Crippen LogP contribution in [0, 0.1) is 17.8 Å². The SMILES string of the molecule is CCN(C(C)=O)c1cccc(C2(O)[CH]C=Nc3c(C#N)cnn32)c1. The number of aliphatic hydroxyl groups is 1. The van der Waals surface area contributed by atoms with E-state index in [1.807, 2.05) is 13.0 Å². The second-order valence-corrected chi connectivity index (χ2v) is 5.39. The van der Waals surface area contributed by atoms with Crippen molar-refractivity contribution in [3.8, 4) is 6.07 Å². The third-order valence-electron chi connectivity index (χ3n) is 3.97. The highest BCUT2D eigenvalue weighted by Gasteiger charge is 2.37. The van der Waals surface area contributed by atoms with Gasteiger partial charge in [0.25, 0.3) is 0 Å². The van der Waals surface area contributed by atoms with Gasteiger partial charge in [0.05, 0.1) is 12.6 Å². The van der Waals surface area contributed by atoms with Crippen LogP contribution in [0.3, 0.4) is 0 Å². The molecule has 2 aromatic rings. The largest absolute Gasteiger partial charge is 0.365 e. The summed E-state index contributed by atoms with van der Waals surface area (Å²) in [5.74, 6) is 0.217. The molecule has 1 aliphatic rings. The van der Waals surface area contributed by atoms with Crippen LogP contribution in [0.15, 0.2) is 35.5 Å². The Hall–Kier alpha value is -2.98. The normalized spacial score (nSPS) is 18.8. The van der Waals surface area contributed by atoms with Crippen molar-refractivity contribution < 1.29 is 9.90 Å². The first-order valence-electron chi connectivity index (χ1n) is 7.49. The second kappa shape index (κ2) is 5.91. The van der Waals surface area contributed by atoms with Crippen molar-refractivity contribution in [2.75, 3.05) is 11.4 Å². The summed E-state index contributed by atoms with van der Waals surface area (Å²) in [5, 5.41) is 24.4. The van der Waals surface area contributed by atoms with Gasteiger partial charge < -0.3 is 10.0 Å². The van der Waals surface area contributed by atoms with Gasteiger partial charge in [0.1, 0.15) is 11.6 Å². The highest BCUT2D eigenvalue weighted by molar-refractivity contribution is 5.91. The number of amides is 1. The molecule has 0 saturated carbocycles. The van der Waals surface area contributed by atoms with Crippen molar-refractivity contribution in [1.29, 1.82) is 5.26 Å². The van der Waals surface area contributed by atoms with Crippen LogP contribution in [0.5, 0.6) is 0 Å². The van der Waals surface area contributed by atoms with E-state index in [-0.39, 0.29) is 11.5 Å². The van der Waals surface area contributed by atoms with Gasteiger partial charge in [-0.3, -0.25) is 4.79 Å². The molecular formula is C17H16N5O2. The molecule has 1 atom stereocenters. The lowest BCUT2D eigenvalue weighted by Crippen LogP contribution is -2.38. The van der Waals surface area contributed by atoms with Crippen LogP contribution in [0.4, 0.5) is 11.5 Å². The number of nitrogens with zero attached hydrogens (tertiary/aromatic N) is 5. The van der Waals surface area contributed by atoms with Crippen LogP contribution in [-0.2, 0) is 10.5 Å². The Kier molecular flexibility index (Phi) is 3.91. The molecule has 1 aromatic heterocycles. The fourth-order valence-corrected chi connectivity index (χ4v) is 2.79. The minimum Gasteiger partial charge on any atom is -0.365 e. The number of rotatable bonds is 3. The molecule has 7 heteroatoms. The maximum atomic E-state index is 11.8. The van der Waals surface area contributed by atoms with Gasteiger partial charge in [0, 0.05) is 30.9 Å². The lowest BCUT2D eigenvalue weighted by atomic mass is 9.98. The first-order valence-corrected chi connectivity index (χ1v) is 7.49. The molecule has 0 aliphatic carbocycles. The molecule has 1 amide bonds. The highest BCUT2D eigenvalue weighted by atomic mass is 16.3. The minimum absolute atomic E-state index is 0.0811. The van der Waals surface area contributed by atoms with Crippen LogP contribution < -0.4 is 4.90 Å². The first kappa shape index (κ1) is 15.9. The smallest absolute Gasteiger partial charge is 0.223 e. The summed E-state index contributed by atoms with van der Waals surface area (Å²) in [6.07, 6.45) is 4.32. The molecule has 1 aliphatic heterocycles. The van der Waals surface area contributed by atoms with Crippen molar-refractivity contribution in [1.82, 2.24) is 9.78 Å². The van der Waals surface area contributed by atoms with E-state index in [2.05, 4.69) is 10.1 Å². The number of aliphatic imine (C=N–C) groups is 1. The number of carbonyl (C=O) groups is 1. The number of hydrogen-bond acceptors (Lipinski definition) is 5. The molecular weight excluding hydrogens is 306 g/mol. The zero-order valence-corrected chi connectivity index (χ0v) is 13.3. The Labute approximate surface area is 139 Å². The summed E-state index contributed by atoms with van der Waals surface area (Å²) in [6, 6.07) is 9.05. The van der Waals surface area contributed by atoms with Crippen LogP contribution >= 0.6 is 0 Å². The van der Waals surface area contributed by atoms with Crippen LogP contribution in [0.25, 0.3) is 0 Å². The Morgan fingerprint density at radius 3 is 2.96 bits per heavy atom. The lowest BCUT2D eigenvalue weighted by molar-refractivity contribution is -0.116. The van der Waals surface area contributed by atoms with Gasteiger partial charge in [-0.15, -0.1) is 0 Å². The van der Waals surface area contributed by atoms with Crippen molar-refractivity contribution >= 4 is 23.6 Å². The van der Waals surface area contributed by atoms with Crippen molar-refractivity contribution in [3.63, 3.8) is 0 Å². The standard InChI is InChI=1S/C17H16N5O2/c1-3-21(12(2)23)15-6-4-5-14(9-15)17(24)7-8-19-16-13(10-18)11-20-22(16)17/h4-9,11,24H,3H2,1-2H3. The van der Waals surface area contributed by atoms with E-state index < -0.39 is 5.72 Å². The molecule has 0 fully saturated rings. The topological polar surface area (TPSA) is 94.5 Å². The number of carbonyl (C=O) groups excluding carboxylic acids is 1. The minimum atomic E-state index is -1.57. The van der Waals surface area contributed by atoms with Gasteiger partial charge in [-0.05, 0) is 19.1 Å². The van der Waals surface area contributed by atoms with E-state index in [0.717, 1.165) is 0 Å². The molecule has 24 heavy (non-hydrogen) atoms. The first-order chi connectivity index (χ1) is 11.5. The van der Waals surface area contributed by atoms with Crippen LogP contribution in [0.2, 0.25) is 0 Å². The number of benzene rings is 1. The molecule has 0 saturated heterocycles. The van der Waals surface area contributed by atoms with E-state index in [9.17, 15) is 9.90 Å². The van der Waals surface area contributed by atoms with E-state index in [4.69, 9.17) is 5.26 Å². The predicted octanol–water partition coefficient (Wildman–Crippen LogP) is 1.74. The van der Waals surface area contributed by atoms with Gasteiger partial charge >= 0.3 is 0 Å². The lowest BCUT2D eigenvalue weighted by Gasteiger charge is -2.31. The van der Waals surface area contributed by atoms with Crippen molar-refractivity contribution in [2.24, 2.45) is 4.99 Å². The summed E-state index contributed by atoms with van der Waals surface area (Å²) >= 11 is 0. The number of fused-ring (bicyclic) bond motifs is 1. The number of nitriles is 1. The van der Waals surface area contributed by atoms with E-state index >= 15 is 0 Å². The maximum Gasteiger partial charge on any atom is 0.223 e. The average molecular weight is 322 g/mol. The number of anilines is 1. The molecule has 7 nitrogen and oxygen atoms in total. The molecule has 1 radical (unpaired) electrons. The van der Waals surface area contributed by atoms with E-state index in [1.54, 1.807) is 29.2 Å². The summed E-state index contributed by atoms with van der Waals surface area (Å²) in [4.78, 5) is 17.5. The molecule has 1 aromatic carbocycles. The average Bonchev–Trinajstić information content (AvgIpc) is 3.00.